The van der Waals surface area contributed by atoms with Crippen molar-refractivity contribution < 1.29 is 19.1 Å². The number of nitrogens with one attached hydrogen (secondary N) is 1. The second-order valence-corrected chi connectivity index (χ2v) is 7.15. The summed E-state index contributed by atoms with van der Waals surface area (Å²) in [6.45, 7) is 3.15. The maximum atomic E-state index is 12.8. The molecular weight excluding hydrogens is 380 g/mol. The predicted molar refractivity (Wildman–Crippen MR) is 106 cm³/mol. The van der Waals surface area contributed by atoms with E-state index in [9.17, 15) is 14.4 Å². The number of ether oxygens (including phenoxy) is 1. The fraction of sp³-hybridized carbons (Fsp3) is 0.286. The van der Waals surface area contributed by atoms with E-state index in [2.05, 4.69) is 5.32 Å². The first-order valence-corrected chi connectivity index (χ1v) is 9.39. The number of hydrogen-bond acceptors (Lipinski definition) is 4. The molecule has 1 aliphatic heterocycles. The molecule has 0 unspecified atom stereocenters. The molecule has 0 spiro atoms. The number of rotatable bonds is 5. The van der Waals surface area contributed by atoms with Gasteiger partial charge in [0, 0.05) is 22.3 Å². The fourth-order valence-corrected chi connectivity index (χ4v) is 3.46. The number of amides is 2. The van der Waals surface area contributed by atoms with E-state index in [1.807, 2.05) is 31.2 Å². The average Bonchev–Trinajstić information content (AvgIpc) is 3.01. The minimum Gasteiger partial charge on any atom is -0.451 e. The van der Waals surface area contributed by atoms with Crippen LogP contribution in [0.2, 0.25) is 5.02 Å². The lowest BCUT2D eigenvalue weighted by Crippen LogP contribution is -2.44. The second-order valence-electron chi connectivity index (χ2n) is 6.72. The van der Waals surface area contributed by atoms with Crippen LogP contribution in [-0.2, 0) is 20.7 Å². The van der Waals surface area contributed by atoms with Crippen molar-refractivity contribution in [1.29, 1.82) is 0 Å². The van der Waals surface area contributed by atoms with Crippen LogP contribution in [0.5, 0.6) is 0 Å². The molecule has 0 fully saturated rings. The van der Waals surface area contributed by atoms with E-state index in [-0.39, 0.29) is 18.5 Å². The number of esters is 1. The Bertz CT molecular complexity index is 915. The van der Waals surface area contributed by atoms with Gasteiger partial charge in [-0.05, 0) is 50.1 Å². The van der Waals surface area contributed by atoms with Crippen LogP contribution in [0, 0.1) is 0 Å². The van der Waals surface area contributed by atoms with E-state index in [1.54, 1.807) is 23.1 Å². The van der Waals surface area contributed by atoms with Gasteiger partial charge < -0.3 is 15.0 Å². The standard InChI is InChI=1S/C21H21ClN2O4/c1-13-10-15-6-3-4-9-18(15)24(13)21(27)14(2)28-19(25)12-23-20(26)16-7-5-8-17(22)11-16/h3-9,11,13-14H,10,12H2,1-2H3,(H,23,26)/t13-,14-/m1/s1. The van der Waals surface area contributed by atoms with Crippen molar-refractivity contribution in [3.05, 3.63) is 64.7 Å². The van der Waals surface area contributed by atoms with Crippen LogP contribution in [-0.4, -0.2) is 36.5 Å². The third-order valence-electron chi connectivity index (χ3n) is 4.58. The van der Waals surface area contributed by atoms with Crippen LogP contribution in [0.1, 0.15) is 29.8 Å². The molecule has 0 radical (unpaired) electrons. The molecule has 2 amide bonds. The first-order valence-electron chi connectivity index (χ1n) is 9.01. The van der Waals surface area contributed by atoms with Crippen LogP contribution < -0.4 is 10.2 Å². The number of carbonyl (C=O) groups excluding carboxylic acids is 3. The minimum atomic E-state index is -0.954. The molecule has 1 heterocycles. The monoisotopic (exact) mass is 400 g/mol. The molecule has 2 aromatic rings. The van der Waals surface area contributed by atoms with E-state index in [0.717, 1.165) is 17.7 Å². The van der Waals surface area contributed by atoms with Gasteiger partial charge in [-0.15, -0.1) is 0 Å². The summed E-state index contributed by atoms with van der Waals surface area (Å²) in [5.74, 6) is -1.41. The van der Waals surface area contributed by atoms with Crippen molar-refractivity contribution in [1.82, 2.24) is 5.32 Å². The zero-order chi connectivity index (χ0) is 20.3. The van der Waals surface area contributed by atoms with Crippen molar-refractivity contribution in [3.8, 4) is 0 Å². The largest absolute Gasteiger partial charge is 0.451 e. The highest BCUT2D eigenvalue weighted by atomic mass is 35.5. The van der Waals surface area contributed by atoms with Crippen molar-refractivity contribution in [2.45, 2.75) is 32.4 Å². The average molecular weight is 401 g/mol. The molecular formula is C21H21ClN2O4. The predicted octanol–water partition coefficient (Wildman–Crippen LogP) is 2.98. The molecule has 1 aliphatic rings. The fourth-order valence-electron chi connectivity index (χ4n) is 3.27. The van der Waals surface area contributed by atoms with E-state index < -0.39 is 18.0 Å². The number of nitrogens with zero attached hydrogens (tertiary/aromatic N) is 1. The van der Waals surface area contributed by atoms with E-state index in [4.69, 9.17) is 16.3 Å². The number of carbonyl (C=O) groups is 3. The van der Waals surface area contributed by atoms with Crippen molar-refractivity contribution >= 4 is 35.1 Å². The summed E-state index contributed by atoms with van der Waals surface area (Å²) in [7, 11) is 0. The first kappa shape index (κ1) is 19.9. The Kier molecular flexibility index (Phi) is 5.99. The Morgan fingerprint density at radius 2 is 1.96 bits per heavy atom. The Labute approximate surface area is 168 Å². The summed E-state index contributed by atoms with van der Waals surface area (Å²) in [6.07, 6.45) is -0.192. The molecule has 3 rings (SSSR count). The summed E-state index contributed by atoms with van der Waals surface area (Å²) < 4.78 is 5.23. The second kappa shape index (κ2) is 8.44. The molecule has 28 heavy (non-hydrogen) atoms. The van der Waals surface area contributed by atoms with Gasteiger partial charge in [-0.25, -0.2) is 0 Å². The molecule has 7 heteroatoms. The highest BCUT2D eigenvalue weighted by Crippen LogP contribution is 2.32. The number of hydrogen-bond donors (Lipinski definition) is 1. The molecule has 1 N–H and O–H groups in total. The summed E-state index contributed by atoms with van der Waals surface area (Å²) in [6, 6.07) is 14.1. The Morgan fingerprint density at radius 1 is 1.21 bits per heavy atom. The van der Waals surface area contributed by atoms with Gasteiger partial charge in [0.2, 0.25) is 0 Å². The van der Waals surface area contributed by atoms with Crippen molar-refractivity contribution in [2.75, 3.05) is 11.4 Å². The zero-order valence-electron chi connectivity index (χ0n) is 15.6. The maximum Gasteiger partial charge on any atom is 0.326 e. The molecule has 6 nitrogen and oxygen atoms in total. The summed E-state index contributed by atoms with van der Waals surface area (Å²) in [4.78, 5) is 38.6. The molecule has 2 aromatic carbocycles. The molecule has 0 saturated heterocycles. The van der Waals surface area contributed by atoms with Crippen LogP contribution in [0.3, 0.4) is 0 Å². The first-order chi connectivity index (χ1) is 13.4. The van der Waals surface area contributed by atoms with Gasteiger partial charge in [0.1, 0.15) is 6.54 Å². The topological polar surface area (TPSA) is 75.7 Å². The lowest BCUT2D eigenvalue weighted by molar-refractivity contribution is -0.152. The van der Waals surface area contributed by atoms with Gasteiger partial charge in [0.25, 0.3) is 11.8 Å². The molecule has 2 atom stereocenters. The summed E-state index contributed by atoms with van der Waals surface area (Å²) >= 11 is 5.85. The number of fused-ring (bicyclic) bond motifs is 1. The Morgan fingerprint density at radius 3 is 2.71 bits per heavy atom. The van der Waals surface area contributed by atoms with Gasteiger partial charge in [0.15, 0.2) is 6.10 Å². The van der Waals surface area contributed by atoms with Crippen LogP contribution in [0.25, 0.3) is 0 Å². The van der Waals surface area contributed by atoms with E-state index in [0.29, 0.717) is 10.6 Å². The van der Waals surface area contributed by atoms with E-state index >= 15 is 0 Å². The summed E-state index contributed by atoms with van der Waals surface area (Å²) in [5.41, 5.74) is 2.28. The molecule has 0 aromatic heterocycles. The third-order valence-corrected chi connectivity index (χ3v) is 4.82. The van der Waals surface area contributed by atoms with Gasteiger partial charge in [-0.1, -0.05) is 35.9 Å². The van der Waals surface area contributed by atoms with Crippen LogP contribution >= 0.6 is 11.6 Å². The van der Waals surface area contributed by atoms with Crippen LogP contribution in [0.4, 0.5) is 5.69 Å². The molecule has 0 bridgehead atoms. The Hall–Kier alpha value is -2.86. The number of anilines is 1. The van der Waals surface area contributed by atoms with Gasteiger partial charge in [-0.3, -0.25) is 14.4 Å². The Balaban J connectivity index is 1.55. The zero-order valence-corrected chi connectivity index (χ0v) is 16.4. The van der Waals surface area contributed by atoms with Crippen LogP contribution in [0.15, 0.2) is 48.5 Å². The minimum absolute atomic E-state index is 0.00594. The highest BCUT2D eigenvalue weighted by molar-refractivity contribution is 6.31. The number of halogens is 1. The molecule has 0 aliphatic carbocycles. The SMILES string of the molecule is C[C@@H]1Cc2ccccc2N1C(=O)[C@@H](C)OC(=O)CNC(=O)c1cccc(Cl)c1. The van der Waals surface area contributed by atoms with E-state index in [1.165, 1.54) is 13.0 Å². The van der Waals surface area contributed by atoms with Gasteiger partial charge >= 0.3 is 5.97 Å². The maximum absolute atomic E-state index is 12.8. The number of benzene rings is 2. The van der Waals surface area contributed by atoms with Gasteiger partial charge in [-0.2, -0.15) is 0 Å². The normalized spacial score (nSPS) is 16.2. The molecule has 146 valence electrons. The van der Waals surface area contributed by atoms with Gasteiger partial charge in [0.05, 0.1) is 0 Å². The van der Waals surface area contributed by atoms with Crippen molar-refractivity contribution in [2.24, 2.45) is 0 Å². The quantitative estimate of drug-likeness (QED) is 0.783. The summed E-state index contributed by atoms with van der Waals surface area (Å²) in [5, 5.41) is 2.89. The lowest BCUT2D eigenvalue weighted by atomic mass is 10.1. The highest BCUT2D eigenvalue weighted by Gasteiger charge is 2.34. The van der Waals surface area contributed by atoms with Crippen molar-refractivity contribution in [3.63, 3.8) is 0 Å². The third kappa shape index (κ3) is 4.34. The lowest BCUT2D eigenvalue weighted by Gasteiger charge is -2.26. The molecule has 0 saturated carbocycles. The number of para-hydroxylation sites is 1. The smallest absolute Gasteiger partial charge is 0.326 e.